The summed E-state index contributed by atoms with van der Waals surface area (Å²) in [5, 5.41) is 26.0. The summed E-state index contributed by atoms with van der Waals surface area (Å²) in [5.41, 5.74) is 10.3. The van der Waals surface area contributed by atoms with Gasteiger partial charge in [-0.15, -0.1) is 0 Å². The van der Waals surface area contributed by atoms with Gasteiger partial charge in [-0.2, -0.15) is 0 Å². The summed E-state index contributed by atoms with van der Waals surface area (Å²) in [5.74, 6) is -8.61. The van der Waals surface area contributed by atoms with Crippen molar-refractivity contribution < 1.29 is 43.5 Å². The van der Waals surface area contributed by atoms with Crippen molar-refractivity contribution in [2.24, 2.45) is 34.2 Å². The topological polar surface area (TPSA) is 293 Å². The van der Waals surface area contributed by atoms with Crippen LogP contribution in [0.3, 0.4) is 0 Å². The molecule has 2 aromatic rings. The normalized spacial score (nSPS) is 25.5. The van der Waals surface area contributed by atoms with E-state index >= 15 is 0 Å². The highest BCUT2D eigenvalue weighted by Gasteiger charge is 2.45. The molecule has 11 N–H and O–H groups in total. The van der Waals surface area contributed by atoms with E-state index in [1.807, 2.05) is 6.92 Å². The van der Waals surface area contributed by atoms with Crippen LogP contribution in [0.1, 0.15) is 82.1 Å². The smallest absolute Gasteiger partial charge is 0.290 e. The van der Waals surface area contributed by atoms with Gasteiger partial charge in [0.1, 0.15) is 23.4 Å². The standard InChI is InChI=1S/C44H59N9O9/c1-5-25(2)44(4)42(62)50-29(23-27-16-19-30(54)20-17-27)18-21-35(55)48-24-34(52-38(58)26(3)49-39(59)28-11-7-6-8-12-28)36(56)31-13-9-14-32(31)40(60)51-33(37(57)41(61)53-44)15-10-22-47-43(45)46/h6-8,11-12,16-21,25-26,29,31-34,54H,5,9-10,13-15,22-24H2,1-4H3,(H,48,55)(H,49,59)(H,50,62)(H,51,60)(H,52,58)(H,53,61)(H4,45,46,47)/b21-18+/t25-,26-,29+,31?,32+,33-,34-,44+/m0/s1. The quantitative estimate of drug-likeness (QED) is 0.0610. The van der Waals surface area contributed by atoms with Crippen LogP contribution >= 0.6 is 0 Å². The Kier molecular flexibility index (Phi) is 17.3. The van der Waals surface area contributed by atoms with Gasteiger partial charge in [0, 0.05) is 36.6 Å². The summed E-state index contributed by atoms with van der Waals surface area (Å²) in [6, 6.07) is 9.68. The number of hydrogen-bond donors (Lipinski definition) is 9. The van der Waals surface area contributed by atoms with E-state index in [1.165, 1.54) is 32.1 Å². The number of Topliss-reactive ketones (excluding diaryl/α,β-unsaturated/α-hetero) is 2. The molecule has 0 radical (unpaired) electrons. The number of ketones is 2. The van der Waals surface area contributed by atoms with Gasteiger partial charge in [-0.1, -0.05) is 63.1 Å². The van der Waals surface area contributed by atoms with Gasteiger partial charge in [-0.3, -0.25) is 43.3 Å². The minimum atomic E-state index is -1.66. The Balaban J connectivity index is 1.73. The number of nitrogens with zero attached hydrogens (tertiary/aromatic N) is 1. The van der Waals surface area contributed by atoms with Crippen molar-refractivity contribution in [3.63, 3.8) is 0 Å². The van der Waals surface area contributed by atoms with Crippen molar-refractivity contribution in [3.8, 4) is 5.75 Å². The first-order valence-corrected chi connectivity index (χ1v) is 20.9. The highest BCUT2D eigenvalue weighted by Crippen LogP contribution is 2.34. The lowest BCUT2D eigenvalue weighted by molar-refractivity contribution is -0.144. The average Bonchev–Trinajstić information content (AvgIpc) is 3.75. The fraction of sp³-hybridized carbons (Fsp3) is 0.477. The van der Waals surface area contributed by atoms with Crippen molar-refractivity contribution in [2.75, 3.05) is 13.1 Å². The molecule has 18 nitrogen and oxygen atoms in total. The number of benzene rings is 2. The summed E-state index contributed by atoms with van der Waals surface area (Å²) in [4.78, 5) is 114. The van der Waals surface area contributed by atoms with Crippen LogP contribution < -0.4 is 43.4 Å². The van der Waals surface area contributed by atoms with Crippen molar-refractivity contribution in [1.29, 1.82) is 0 Å². The third-order valence-corrected chi connectivity index (χ3v) is 11.6. The predicted octanol–water partition coefficient (Wildman–Crippen LogP) is 0.423. The molecule has 2 aromatic carbocycles. The predicted molar refractivity (Wildman–Crippen MR) is 230 cm³/mol. The van der Waals surface area contributed by atoms with Crippen LogP contribution in [0.5, 0.6) is 5.75 Å². The number of carbonyl (C=O) groups excluding carboxylic acids is 8. The van der Waals surface area contributed by atoms with Crippen molar-refractivity contribution in [3.05, 3.63) is 77.9 Å². The largest absolute Gasteiger partial charge is 0.508 e. The molecule has 0 bridgehead atoms. The SMILES string of the molecule is CC[C@H](C)[C@@]1(C)NC(=O)C(=O)[C@H](CCCN=C(N)N)NC(=O)[C@@H]2CCCC2C(=O)[C@@H](NC(=O)[C@H](C)NC(=O)c2ccccc2)CNC(=O)/C=C/[C@H](Cc2ccc(O)cc2)NC1=O. The van der Waals surface area contributed by atoms with Crippen molar-refractivity contribution in [1.82, 2.24) is 31.9 Å². The van der Waals surface area contributed by atoms with Gasteiger partial charge in [-0.05, 0) is 81.7 Å². The Morgan fingerprint density at radius 2 is 1.63 bits per heavy atom. The summed E-state index contributed by atoms with van der Waals surface area (Å²) >= 11 is 0. The van der Waals surface area contributed by atoms with Crippen LogP contribution in [0, 0.1) is 17.8 Å². The third-order valence-electron chi connectivity index (χ3n) is 11.6. The van der Waals surface area contributed by atoms with E-state index in [0.717, 1.165) is 6.08 Å². The first kappa shape index (κ1) is 48.1. The first-order valence-electron chi connectivity index (χ1n) is 20.9. The minimum Gasteiger partial charge on any atom is -0.508 e. The average molecular weight is 858 g/mol. The van der Waals surface area contributed by atoms with Crippen LogP contribution in [0.15, 0.2) is 71.7 Å². The van der Waals surface area contributed by atoms with Crippen LogP contribution in [0.4, 0.5) is 0 Å². The number of nitrogens with one attached hydrogen (secondary N) is 6. The molecule has 62 heavy (non-hydrogen) atoms. The highest BCUT2D eigenvalue weighted by molar-refractivity contribution is 6.39. The lowest BCUT2D eigenvalue weighted by Crippen LogP contribution is -2.64. The first-order chi connectivity index (χ1) is 29.4. The number of phenols is 1. The summed E-state index contributed by atoms with van der Waals surface area (Å²) in [6.45, 7) is 6.15. The van der Waals surface area contributed by atoms with E-state index in [9.17, 15) is 43.5 Å². The van der Waals surface area contributed by atoms with E-state index in [2.05, 4.69) is 36.9 Å². The molecule has 4 rings (SSSR count). The number of hydrogen-bond acceptors (Lipinski definition) is 10. The fourth-order valence-electron chi connectivity index (χ4n) is 7.48. The van der Waals surface area contributed by atoms with Gasteiger partial charge in [-0.25, -0.2) is 0 Å². The number of aliphatic imine (C=N–C) groups is 1. The molecule has 2 aliphatic rings. The second kappa shape index (κ2) is 22.3. The Labute approximate surface area is 360 Å². The van der Waals surface area contributed by atoms with E-state index in [1.54, 1.807) is 49.4 Å². The molecule has 0 saturated heterocycles. The molecule has 334 valence electrons. The number of aromatic hydroxyl groups is 1. The number of phenolic OH excluding ortho intramolecular Hbond substituents is 1. The lowest BCUT2D eigenvalue weighted by Gasteiger charge is -2.36. The lowest BCUT2D eigenvalue weighted by atomic mass is 9.83. The number of amides is 6. The molecule has 1 fully saturated rings. The Hall–Kier alpha value is -6.59. The Morgan fingerprint density at radius 1 is 0.952 bits per heavy atom. The maximum Gasteiger partial charge on any atom is 0.290 e. The van der Waals surface area contributed by atoms with Crippen molar-refractivity contribution >= 4 is 53.0 Å². The third kappa shape index (κ3) is 13.2. The van der Waals surface area contributed by atoms with Crippen LogP contribution in [-0.4, -0.2) is 101 Å². The van der Waals surface area contributed by atoms with Gasteiger partial charge in [0.2, 0.25) is 29.4 Å². The summed E-state index contributed by atoms with van der Waals surface area (Å²) in [7, 11) is 0. The minimum absolute atomic E-state index is 0.0174. The number of nitrogens with two attached hydrogens (primary N) is 2. The van der Waals surface area contributed by atoms with Crippen LogP contribution in [0.25, 0.3) is 0 Å². The highest BCUT2D eigenvalue weighted by atomic mass is 16.3. The molecule has 1 aliphatic heterocycles. The van der Waals surface area contributed by atoms with E-state index in [-0.39, 0.29) is 50.4 Å². The monoisotopic (exact) mass is 857 g/mol. The molecule has 0 spiro atoms. The molecule has 6 amide bonds. The molecule has 1 saturated carbocycles. The zero-order valence-corrected chi connectivity index (χ0v) is 35.6. The molecule has 8 atom stereocenters. The molecule has 1 unspecified atom stereocenters. The second-order valence-electron chi connectivity index (χ2n) is 16.1. The van der Waals surface area contributed by atoms with Gasteiger partial charge in [0.25, 0.3) is 11.8 Å². The van der Waals surface area contributed by atoms with Gasteiger partial charge in [0.05, 0.1) is 12.1 Å². The van der Waals surface area contributed by atoms with Gasteiger partial charge in [0.15, 0.2) is 11.7 Å². The van der Waals surface area contributed by atoms with Crippen LogP contribution in [0.2, 0.25) is 0 Å². The summed E-state index contributed by atoms with van der Waals surface area (Å²) < 4.78 is 0. The maximum absolute atomic E-state index is 14.4. The van der Waals surface area contributed by atoms with E-state index < -0.39 is 101 Å². The van der Waals surface area contributed by atoms with Gasteiger partial charge >= 0.3 is 0 Å². The maximum atomic E-state index is 14.4. The molecule has 0 aromatic heterocycles. The van der Waals surface area contributed by atoms with Crippen molar-refractivity contribution in [2.45, 2.75) is 102 Å². The Morgan fingerprint density at radius 3 is 2.29 bits per heavy atom. The van der Waals surface area contributed by atoms with Crippen LogP contribution in [-0.2, 0) is 40.0 Å². The zero-order chi connectivity index (χ0) is 45.6. The number of rotatable bonds is 12. The molecule has 1 heterocycles. The molecular weight excluding hydrogens is 799 g/mol. The summed E-state index contributed by atoms with van der Waals surface area (Å²) in [6.07, 6.45) is 4.19. The van der Waals surface area contributed by atoms with E-state index in [4.69, 9.17) is 11.5 Å². The number of carbonyl (C=O) groups is 8. The van der Waals surface area contributed by atoms with E-state index in [0.29, 0.717) is 24.0 Å². The number of guanidine groups is 1. The zero-order valence-electron chi connectivity index (χ0n) is 35.6. The Bertz CT molecular complexity index is 2020. The fourth-order valence-corrected chi connectivity index (χ4v) is 7.48. The molecular formula is C44H59N9O9. The number of fused-ring (bicyclic) bond motifs is 1. The molecule has 1 aliphatic carbocycles. The second-order valence-corrected chi connectivity index (χ2v) is 16.1. The van der Waals surface area contributed by atoms with Gasteiger partial charge < -0.3 is 48.5 Å². The molecule has 18 heteroatoms.